The number of nitro groups is 1. The summed E-state index contributed by atoms with van der Waals surface area (Å²) < 4.78 is -1.74. The van der Waals surface area contributed by atoms with Crippen molar-refractivity contribution in [3.63, 3.8) is 0 Å². The fourth-order valence-corrected chi connectivity index (χ4v) is 0. The molecule has 0 saturated heterocycles. The molecule has 0 bridgehead atoms. The molecule has 0 fully saturated rings. The zero-order chi connectivity index (χ0) is 6.08. The van der Waals surface area contributed by atoms with Crippen molar-refractivity contribution in [2.45, 2.75) is 3.91 Å². The maximum Gasteiger partial charge on any atom is 0.348 e. The summed E-state index contributed by atoms with van der Waals surface area (Å²) in [5.74, 6) is 0. The molecule has 0 spiro atoms. The van der Waals surface area contributed by atoms with Gasteiger partial charge >= 0.3 is 3.91 Å². The maximum absolute atomic E-state index is 9.59. The Morgan fingerprint density at radius 3 is 2.14 bits per heavy atom. The minimum absolute atomic E-state index is 0.742. The molecule has 0 aliphatic rings. The van der Waals surface area contributed by atoms with Crippen LogP contribution >= 0.6 is 27.5 Å². The Labute approximate surface area is 53.9 Å². The second kappa shape index (κ2) is 1.96. The number of halogens is 2. The van der Waals surface area contributed by atoms with Crippen molar-refractivity contribution in [3.8, 4) is 0 Å². The summed E-state index contributed by atoms with van der Waals surface area (Å²) in [6, 6.07) is 0. The first-order valence-electron chi connectivity index (χ1n) is 1.32. The van der Waals surface area contributed by atoms with E-state index in [1.54, 1.807) is 0 Å². The molecule has 0 rings (SSSR count). The molecule has 3 nitrogen and oxygen atoms in total. The van der Waals surface area contributed by atoms with Gasteiger partial charge in [0.1, 0.15) is 0 Å². The highest BCUT2D eigenvalue weighted by atomic mass is 79.9. The minimum atomic E-state index is -1.74. The molecular weight excluding hydrogens is 185 g/mol. The van der Waals surface area contributed by atoms with Gasteiger partial charge in [-0.15, -0.1) is 0 Å². The summed E-state index contributed by atoms with van der Waals surface area (Å²) in [5.41, 5.74) is 0. The summed E-state index contributed by atoms with van der Waals surface area (Å²) in [4.78, 5) is 8.84. The van der Waals surface area contributed by atoms with Crippen molar-refractivity contribution in [3.05, 3.63) is 17.0 Å². The Morgan fingerprint density at radius 1 is 2.00 bits per heavy atom. The van der Waals surface area contributed by atoms with E-state index in [9.17, 15) is 10.1 Å². The van der Waals surface area contributed by atoms with Crippen LogP contribution in [0.2, 0.25) is 0 Å². The van der Waals surface area contributed by atoms with Gasteiger partial charge in [0, 0.05) is 15.9 Å². The molecule has 0 amide bonds. The van der Waals surface area contributed by atoms with Crippen LogP contribution in [0.3, 0.4) is 0 Å². The van der Waals surface area contributed by atoms with Crippen LogP contribution in [-0.2, 0) is 0 Å². The smallest absolute Gasteiger partial charge is 0.262 e. The standard InChI is InChI=1S/C2H2BrClNO2/c1-2(3,4)5(6)7/h1H2. The summed E-state index contributed by atoms with van der Waals surface area (Å²) in [6.45, 7) is 2.95. The Hall–Kier alpha value is 0.170. The lowest BCUT2D eigenvalue weighted by atomic mass is 10.8. The lowest BCUT2D eigenvalue weighted by Crippen LogP contribution is -2.18. The van der Waals surface area contributed by atoms with E-state index in [1.807, 2.05) is 0 Å². The molecule has 1 unspecified atom stereocenters. The molecule has 0 heterocycles. The fraction of sp³-hybridized carbons (Fsp3) is 0.500. The predicted octanol–water partition coefficient (Wildman–Crippen LogP) is 1.38. The predicted molar refractivity (Wildman–Crippen MR) is 29.9 cm³/mol. The van der Waals surface area contributed by atoms with E-state index in [-0.39, 0.29) is 0 Å². The largest absolute Gasteiger partial charge is 0.348 e. The van der Waals surface area contributed by atoms with Crippen LogP contribution < -0.4 is 0 Å². The van der Waals surface area contributed by atoms with Crippen molar-refractivity contribution in [2.75, 3.05) is 0 Å². The molecule has 0 aromatic heterocycles. The van der Waals surface area contributed by atoms with Gasteiger partial charge in [-0.3, -0.25) is 10.1 Å². The SMILES string of the molecule is [CH2]C(Cl)(Br)[N+](=O)[O-]. The van der Waals surface area contributed by atoms with Gasteiger partial charge in [-0.25, -0.2) is 0 Å². The molecule has 0 aliphatic heterocycles. The van der Waals surface area contributed by atoms with Crippen molar-refractivity contribution in [2.24, 2.45) is 0 Å². The van der Waals surface area contributed by atoms with Gasteiger partial charge in [-0.1, -0.05) is 0 Å². The first kappa shape index (κ1) is 7.17. The van der Waals surface area contributed by atoms with E-state index in [2.05, 4.69) is 22.9 Å². The van der Waals surface area contributed by atoms with Crippen molar-refractivity contribution in [1.82, 2.24) is 0 Å². The van der Waals surface area contributed by atoms with Gasteiger partial charge < -0.3 is 0 Å². The van der Waals surface area contributed by atoms with E-state index in [1.165, 1.54) is 0 Å². The Balaban J connectivity index is 3.79. The van der Waals surface area contributed by atoms with Gasteiger partial charge in [0.15, 0.2) is 0 Å². The average Bonchev–Trinajstić information content (AvgIpc) is 1.31. The molecule has 0 aromatic carbocycles. The van der Waals surface area contributed by atoms with Crippen LogP contribution in [0.1, 0.15) is 0 Å². The van der Waals surface area contributed by atoms with Crippen LogP contribution in [-0.4, -0.2) is 8.83 Å². The van der Waals surface area contributed by atoms with E-state index >= 15 is 0 Å². The normalized spacial score (nSPS) is 18.1. The Bertz CT molecular complexity index is 88.2. The van der Waals surface area contributed by atoms with Gasteiger partial charge in [-0.2, -0.15) is 0 Å². The zero-order valence-corrected chi connectivity index (χ0v) is 5.57. The highest BCUT2D eigenvalue weighted by Crippen LogP contribution is 2.21. The molecule has 0 saturated carbocycles. The lowest BCUT2D eigenvalue weighted by molar-refractivity contribution is -0.498. The summed E-state index contributed by atoms with van der Waals surface area (Å²) >= 11 is 7.47. The number of rotatable bonds is 1. The highest BCUT2D eigenvalue weighted by Gasteiger charge is 2.28. The minimum Gasteiger partial charge on any atom is -0.262 e. The van der Waals surface area contributed by atoms with Crippen molar-refractivity contribution >= 4 is 27.5 Å². The number of hydrogen-bond acceptors (Lipinski definition) is 2. The summed E-state index contributed by atoms with van der Waals surface area (Å²) in [6.07, 6.45) is 0. The molecule has 0 N–H and O–H groups in total. The number of nitrogens with zero attached hydrogens (tertiary/aromatic N) is 1. The molecule has 0 aromatic rings. The van der Waals surface area contributed by atoms with Crippen LogP contribution in [0, 0.1) is 17.0 Å². The first-order chi connectivity index (χ1) is 2.94. The van der Waals surface area contributed by atoms with Gasteiger partial charge in [-0.05, 0) is 11.6 Å². The average molecular weight is 187 g/mol. The monoisotopic (exact) mass is 186 g/mol. The first-order valence-corrected chi connectivity index (χ1v) is 2.49. The zero-order valence-electron chi connectivity index (χ0n) is 3.23. The summed E-state index contributed by atoms with van der Waals surface area (Å²) in [7, 11) is 0. The molecular formula is C2H2BrClNO2. The third-order valence-corrected chi connectivity index (χ3v) is 0.695. The molecule has 7 heavy (non-hydrogen) atoms. The quantitative estimate of drug-likeness (QED) is 0.269. The van der Waals surface area contributed by atoms with Crippen LogP contribution in [0.15, 0.2) is 0 Å². The van der Waals surface area contributed by atoms with E-state index in [4.69, 9.17) is 11.6 Å². The second-order valence-corrected chi connectivity index (χ2v) is 3.32. The van der Waals surface area contributed by atoms with Gasteiger partial charge in [0.25, 0.3) is 0 Å². The topological polar surface area (TPSA) is 43.1 Å². The Kier molecular flexibility index (Phi) is 2.01. The second-order valence-electron chi connectivity index (χ2n) is 0.923. The van der Waals surface area contributed by atoms with Crippen LogP contribution in [0.4, 0.5) is 0 Å². The fourth-order valence-electron chi connectivity index (χ4n) is 0. The van der Waals surface area contributed by atoms with Crippen molar-refractivity contribution < 1.29 is 4.92 Å². The van der Waals surface area contributed by atoms with E-state index < -0.39 is 8.83 Å². The third-order valence-electron chi connectivity index (χ3n) is 0.267. The number of alkyl halides is 2. The third kappa shape index (κ3) is 2.82. The molecule has 5 heteroatoms. The summed E-state index contributed by atoms with van der Waals surface area (Å²) in [5, 5.41) is 9.59. The maximum atomic E-state index is 9.59. The molecule has 1 radical (unpaired) electrons. The van der Waals surface area contributed by atoms with Gasteiger partial charge in [0.05, 0.1) is 11.8 Å². The van der Waals surface area contributed by atoms with E-state index in [0.29, 0.717) is 0 Å². The van der Waals surface area contributed by atoms with E-state index in [0.717, 1.165) is 0 Å². The molecule has 0 aliphatic carbocycles. The van der Waals surface area contributed by atoms with Crippen molar-refractivity contribution in [1.29, 1.82) is 0 Å². The Morgan fingerprint density at radius 2 is 2.14 bits per heavy atom. The van der Waals surface area contributed by atoms with Crippen LogP contribution in [0.25, 0.3) is 0 Å². The molecule has 1 atom stereocenters. The molecule has 41 valence electrons. The number of hydrogen-bond donors (Lipinski definition) is 0. The van der Waals surface area contributed by atoms with Crippen LogP contribution in [0.5, 0.6) is 0 Å². The highest BCUT2D eigenvalue weighted by molar-refractivity contribution is 9.10. The van der Waals surface area contributed by atoms with Gasteiger partial charge in [0.2, 0.25) is 0 Å². The lowest BCUT2D eigenvalue weighted by Gasteiger charge is -1.99.